The fraction of sp³-hybridized carbons (Fsp3) is 0.917. The highest BCUT2D eigenvalue weighted by Crippen LogP contribution is 2.40. The zero-order valence-electron chi connectivity index (χ0n) is 9.58. The summed E-state index contributed by atoms with van der Waals surface area (Å²) in [4.78, 5) is 0. The third kappa shape index (κ3) is 1.77. The Morgan fingerprint density at radius 1 is 1.47 bits per heavy atom. The smallest absolute Gasteiger partial charge is 0.203 e. The van der Waals surface area contributed by atoms with Crippen molar-refractivity contribution in [2.75, 3.05) is 26.2 Å². The highest BCUT2D eigenvalue weighted by Gasteiger charge is 2.54. The van der Waals surface area contributed by atoms with E-state index in [1.54, 1.807) is 0 Å². The van der Waals surface area contributed by atoms with Gasteiger partial charge in [0, 0.05) is 18.8 Å². The summed E-state index contributed by atoms with van der Waals surface area (Å²) in [6.07, 6.45) is 4.49. The average molecular weight is 209 g/mol. The second-order valence-corrected chi connectivity index (χ2v) is 5.33. The summed E-state index contributed by atoms with van der Waals surface area (Å²) >= 11 is 0. The molecule has 0 aliphatic carbocycles. The van der Waals surface area contributed by atoms with Crippen LogP contribution in [0.5, 0.6) is 0 Å². The highest BCUT2D eigenvalue weighted by molar-refractivity contribution is 5.08. The van der Waals surface area contributed by atoms with Crippen LogP contribution in [0, 0.1) is 17.2 Å². The molecule has 84 valence electrons. The minimum atomic E-state index is -1.02. The van der Waals surface area contributed by atoms with Gasteiger partial charge >= 0.3 is 0 Å². The minimum Gasteiger partial charge on any atom is -0.370 e. The molecule has 0 amide bonds. The summed E-state index contributed by atoms with van der Waals surface area (Å²) < 4.78 is 0.994. The van der Waals surface area contributed by atoms with Crippen LogP contribution in [0.3, 0.4) is 0 Å². The summed E-state index contributed by atoms with van der Waals surface area (Å²) in [5.74, 6) is 0.240. The van der Waals surface area contributed by atoms with Gasteiger partial charge < -0.3 is 9.59 Å². The number of aliphatic hydroxyl groups is 1. The van der Waals surface area contributed by atoms with Gasteiger partial charge in [-0.1, -0.05) is 13.3 Å². The summed E-state index contributed by atoms with van der Waals surface area (Å²) in [5.41, 5.74) is -1.02. The van der Waals surface area contributed by atoms with Crippen molar-refractivity contribution in [2.24, 2.45) is 5.92 Å². The zero-order valence-corrected chi connectivity index (χ0v) is 9.58. The lowest BCUT2D eigenvalue weighted by Gasteiger charge is -2.54. The maximum Gasteiger partial charge on any atom is 0.203 e. The monoisotopic (exact) mass is 209 g/mol. The largest absolute Gasteiger partial charge is 0.370 e. The number of fused-ring (bicyclic) bond motifs is 3. The number of hydrogen-bond donors (Lipinski definition) is 1. The minimum absolute atomic E-state index is 0.240. The Morgan fingerprint density at radius 2 is 2.13 bits per heavy atom. The van der Waals surface area contributed by atoms with Crippen LogP contribution in [0.1, 0.15) is 32.6 Å². The van der Waals surface area contributed by atoms with Gasteiger partial charge in [0.2, 0.25) is 5.60 Å². The third-order valence-electron chi connectivity index (χ3n) is 4.34. The number of nitrogens with zero attached hydrogens (tertiary/aromatic N) is 2. The first-order chi connectivity index (χ1) is 7.14. The molecule has 2 bridgehead atoms. The Morgan fingerprint density at radius 3 is 2.67 bits per heavy atom. The first-order valence-corrected chi connectivity index (χ1v) is 6.13. The van der Waals surface area contributed by atoms with Crippen molar-refractivity contribution in [3.63, 3.8) is 0 Å². The van der Waals surface area contributed by atoms with E-state index in [0.29, 0.717) is 6.54 Å². The van der Waals surface area contributed by atoms with E-state index in [1.807, 2.05) is 0 Å². The standard InChI is InChI=1S/C12H21N2O/c1-2-3-6-14-7-4-11(5-8-14)12(15,9-13)10-14/h11,15H,2-8,10H2,1H3/q+1/t11?,12-,14?/m0/s1. The van der Waals surface area contributed by atoms with Crippen LogP contribution >= 0.6 is 0 Å². The van der Waals surface area contributed by atoms with Crippen LogP contribution in [0.25, 0.3) is 0 Å². The fourth-order valence-electron chi connectivity index (χ4n) is 3.31. The van der Waals surface area contributed by atoms with Crippen molar-refractivity contribution in [3.8, 4) is 6.07 Å². The molecule has 3 aliphatic rings. The molecule has 15 heavy (non-hydrogen) atoms. The highest BCUT2D eigenvalue weighted by atomic mass is 16.3. The van der Waals surface area contributed by atoms with Gasteiger partial charge in [-0.25, -0.2) is 0 Å². The van der Waals surface area contributed by atoms with Crippen molar-refractivity contribution in [2.45, 2.75) is 38.2 Å². The van der Waals surface area contributed by atoms with E-state index in [-0.39, 0.29) is 5.92 Å². The van der Waals surface area contributed by atoms with E-state index in [9.17, 15) is 5.11 Å². The van der Waals surface area contributed by atoms with Gasteiger partial charge in [0.1, 0.15) is 12.6 Å². The molecule has 3 heterocycles. The van der Waals surface area contributed by atoms with Crippen LogP contribution in [-0.4, -0.2) is 41.4 Å². The van der Waals surface area contributed by atoms with E-state index < -0.39 is 5.60 Å². The molecule has 0 aromatic carbocycles. The van der Waals surface area contributed by atoms with Crippen molar-refractivity contribution >= 4 is 0 Å². The summed E-state index contributed by atoms with van der Waals surface area (Å²) in [5, 5.41) is 19.4. The summed E-state index contributed by atoms with van der Waals surface area (Å²) in [6, 6.07) is 2.15. The van der Waals surface area contributed by atoms with Crippen LogP contribution in [0.15, 0.2) is 0 Å². The van der Waals surface area contributed by atoms with Crippen molar-refractivity contribution in [1.82, 2.24) is 0 Å². The zero-order chi connectivity index (χ0) is 10.9. The molecular weight excluding hydrogens is 188 g/mol. The predicted molar refractivity (Wildman–Crippen MR) is 57.9 cm³/mol. The fourth-order valence-corrected chi connectivity index (χ4v) is 3.31. The molecule has 0 spiro atoms. The van der Waals surface area contributed by atoms with Crippen LogP contribution in [0.4, 0.5) is 0 Å². The molecule has 1 atom stereocenters. The maximum atomic E-state index is 10.3. The van der Waals surface area contributed by atoms with Gasteiger partial charge in [0.15, 0.2) is 0 Å². The molecule has 3 rings (SSSR count). The van der Waals surface area contributed by atoms with Crippen LogP contribution < -0.4 is 0 Å². The molecule has 0 aromatic rings. The molecule has 0 radical (unpaired) electrons. The molecule has 3 aliphatic heterocycles. The second kappa shape index (κ2) is 3.77. The number of nitriles is 1. The molecule has 3 heteroatoms. The predicted octanol–water partition coefficient (Wildman–Crippen LogP) is 1.28. The molecule has 3 nitrogen and oxygen atoms in total. The van der Waals surface area contributed by atoms with Crippen molar-refractivity contribution in [1.29, 1.82) is 5.26 Å². The van der Waals surface area contributed by atoms with E-state index in [2.05, 4.69) is 13.0 Å². The van der Waals surface area contributed by atoms with E-state index in [4.69, 9.17) is 5.26 Å². The second-order valence-electron chi connectivity index (χ2n) is 5.33. The van der Waals surface area contributed by atoms with Crippen molar-refractivity contribution in [3.05, 3.63) is 0 Å². The molecule has 0 aromatic heterocycles. The Kier molecular flexibility index (Phi) is 2.74. The first kappa shape index (κ1) is 10.9. The lowest BCUT2D eigenvalue weighted by Crippen LogP contribution is -2.68. The lowest BCUT2D eigenvalue weighted by atomic mass is 9.74. The van der Waals surface area contributed by atoms with Crippen LogP contribution in [0.2, 0.25) is 0 Å². The molecule has 0 unspecified atom stereocenters. The Bertz CT molecular complexity index is 276. The van der Waals surface area contributed by atoms with Gasteiger partial charge in [-0.05, 0) is 6.42 Å². The third-order valence-corrected chi connectivity index (χ3v) is 4.34. The number of unbranched alkanes of at least 4 members (excludes halogenated alkanes) is 1. The number of hydrogen-bond acceptors (Lipinski definition) is 2. The molecule has 3 saturated heterocycles. The van der Waals surface area contributed by atoms with Gasteiger partial charge in [0.25, 0.3) is 0 Å². The van der Waals surface area contributed by atoms with E-state index in [1.165, 1.54) is 25.9 Å². The number of piperidine rings is 3. The van der Waals surface area contributed by atoms with Crippen LogP contribution in [-0.2, 0) is 0 Å². The molecule has 1 N–H and O–H groups in total. The quantitative estimate of drug-likeness (QED) is 0.562. The molecule has 0 saturated carbocycles. The van der Waals surface area contributed by atoms with Gasteiger partial charge in [-0.2, -0.15) is 5.26 Å². The SMILES string of the molecule is CCCC[N+]12CCC(CC1)[C@](O)(C#N)C2. The van der Waals surface area contributed by atoms with Gasteiger partial charge in [-0.3, -0.25) is 0 Å². The number of quaternary nitrogens is 1. The van der Waals surface area contributed by atoms with Gasteiger partial charge in [-0.15, -0.1) is 0 Å². The number of rotatable bonds is 3. The average Bonchev–Trinajstić information content (AvgIpc) is 2.28. The molecule has 3 fully saturated rings. The van der Waals surface area contributed by atoms with E-state index >= 15 is 0 Å². The summed E-state index contributed by atoms with van der Waals surface area (Å²) in [6.45, 7) is 6.37. The van der Waals surface area contributed by atoms with Gasteiger partial charge in [0.05, 0.1) is 19.6 Å². The van der Waals surface area contributed by atoms with Crippen molar-refractivity contribution < 1.29 is 9.59 Å². The topological polar surface area (TPSA) is 44.0 Å². The maximum absolute atomic E-state index is 10.3. The lowest BCUT2D eigenvalue weighted by molar-refractivity contribution is -0.949. The summed E-state index contributed by atoms with van der Waals surface area (Å²) in [7, 11) is 0. The Hall–Kier alpha value is -0.590. The van der Waals surface area contributed by atoms with E-state index in [0.717, 1.165) is 23.9 Å². The Labute approximate surface area is 91.9 Å². The Balaban J connectivity index is 2.11. The molecular formula is C12H21N2O+. The normalized spacial score (nSPS) is 43.9. The first-order valence-electron chi connectivity index (χ1n) is 6.13.